The zero-order chi connectivity index (χ0) is 13.4. The van der Waals surface area contributed by atoms with Crippen LogP contribution in [0.1, 0.15) is 0 Å². The molecule has 0 atom stereocenters. The molecule has 6 nitrogen and oxygen atoms in total. The van der Waals surface area contributed by atoms with Crippen molar-refractivity contribution in [2.75, 3.05) is 33.7 Å². The van der Waals surface area contributed by atoms with E-state index in [-0.39, 0.29) is 12.1 Å². The normalized spacial score (nSPS) is 10.8. The number of ether oxygens (including phenoxy) is 1. The zero-order valence-electron chi connectivity index (χ0n) is 10.4. The molecule has 0 aliphatic heterocycles. The molecule has 9 heteroatoms. The van der Waals surface area contributed by atoms with Gasteiger partial charge < -0.3 is 9.64 Å². The number of hydrogen-bond donors (Lipinski definition) is 1. The Morgan fingerprint density at radius 1 is 1.35 bits per heavy atom. The Labute approximate surface area is 115 Å². The minimum absolute atomic E-state index is 0.0711. The molecule has 0 radical (unpaired) electrons. The van der Waals surface area contributed by atoms with E-state index in [9.17, 15) is 4.79 Å². The number of nitrogens with one attached hydrogen (secondary N) is 1. The number of urea groups is 1. The number of rotatable bonds is 2. The van der Waals surface area contributed by atoms with E-state index >= 15 is 0 Å². The number of methoxy groups -OCH3 is 1. The van der Waals surface area contributed by atoms with Crippen molar-refractivity contribution in [2.24, 2.45) is 4.99 Å². The molecular weight excluding hydrogens is 280 g/mol. The Kier molecular flexibility index (Phi) is 8.09. The number of hydrogen-bond acceptors (Lipinski definition) is 5. The van der Waals surface area contributed by atoms with Crippen LogP contribution < -0.4 is 5.32 Å². The van der Waals surface area contributed by atoms with Crippen molar-refractivity contribution >= 4 is 53.3 Å². The van der Waals surface area contributed by atoms with Gasteiger partial charge in [-0.25, -0.2) is 8.51 Å². The molecule has 0 aliphatic rings. The van der Waals surface area contributed by atoms with Gasteiger partial charge in [0.2, 0.25) is 0 Å². The predicted molar refractivity (Wildman–Crippen MR) is 78.1 cm³/mol. The number of carbonyl (C=O) groups is 1. The third-order valence-corrected chi connectivity index (χ3v) is 3.83. The molecule has 0 saturated heterocycles. The lowest BCUT2D eigenvalue weighted by atomic mass is 10.8. The molecule has 0 aromatic carbocycles. The van der Waals surface area contributed by atoms with Gasteiger partial charge in [-0.15, -0.1) is 0 Å². The maximum atomic E-state index is 11.7. The molecule has 98 valence electrons. The van der Waals surface area contributed by atoms with Crippen molar-refractivity contribution < 1.29 is 9.53 Å². The number of amides is 2. The molecule has 17 heavy (non-hydrogen) atoms. The number of nitrogens with zero attached hydrogens (tertiary/aromatic N) is 3. The second-order valence-electron chi connectivity index (χ2n) is 2.85. The van der Waals surface area contributed by atoms with Crippen LogP contribution in [0, 0.1) is 0 Å². The summed E-state index contributed by atoms with van der Waals surface area (Å²) in [6, 6.07) is -0.256. The van der Waals surface area contributed by atoms with Gasteiger partial charge in [0.1, 0.15) is 0 Å². The van der Waals surface area contributed by atoms with Gasteiger partial charge in [-0.3, -0.25) is 5.32 Å². The molecule has 0 spiro atoms. The van der Waals surface area contributed by atoms with E-state index in [4.69, 9.17) is 17.0 Å². The summed E-state index contributed by atoms with van der Waals surface area (Å²) in [4.78, 5) is 17.3. The van der Waals surface area contributed by atoms with Crippen molar-refractivity contribution in [3.8, 4) is 0 Å². The number of amidine groups is 1. The van der Waals surface area contributed by atoms with E-state index in [0.29, 0.717) is 5.11 Å². The Morgan fingerprint density at radius 2 is 1.88 bits per heavy atom. The lowest BCUT2D eigenvalue weighted by Gasteiger charge is -2.17. The first-order valence-electron chi connectivity index (χ1n) is 4.49. The highest BCUT2D eigenvalue weighted by Crippen LogP contribution is 2.15. The standard InChI is InChI=1S/C8H16N4O2S3/c1-11(2)8(15)10-6(14-3)9-7(13)12(16-4)17-5/h1-5H3,(H,9,10,13,15). The summed E-state index contributed by atoms with van der Waals surface area (Å²) in [6.07, 6.45) is 3.59. The predicted octanol–water partition coefficient (Wildman–Crippen LogP) is 1.40. The minimum Gasteiger partial charge on any atom is -0.468 e. The summed E-state index contributed by atoms with van der Waals surface area (Å²) in [7, 11) is 4.94. The van der Waals surface area contributed by atoms with E-state index in [1.807, 2.05) is 0 Å². The molecule has 1 N–H and O–H groups in total. The largest absolute Gasteiger partial charge is 0.468 e. The maximum absolute atomic E-state index is 11.7. The summed E-state index contributed by atoms with van der Waals surface area (Å²) >= 11 is 7.55. The molecule has 0 fully saturated rings. The van der Waals surface area contributed by atoms with Crippen LogP contribution in [-0.2, 0) is 4.74 Å². The van der Waals surface area contributed by atoms with Crippen LogP contribution in [0.5, 0.6) is 0 Å². The van der Waals surface area contributed by atoms with Crippen LogP contribution in [0.4, 0.5) is 4.79 Å². The minimum atomic E-state index is -0.327. The Morgan fingerprint density at radius 3 is 2.24 bits per heavy atom. The number of aliphatic imine (C=N–C) groups is 1. The Hall–Kier alpha value is -0.670. The Balaban J connectivity index is 4.60. The van der Waals surface area contributed by atoms with Crippen LogP contribution in [0.3, 0.4) is 0 Å². The lowest BCUT2D eigenvalue weighted by molar-refractivity contribution is 0.240. The quantitative estimate of drug-likeness (QED) is 0.360. The third-order valence-electron chi connectivity index (χ3n) is 1.48. The molecule has 0 aromatic rings. The average Bonchev–Trinajstić information content (AvgIpc) is 2.29. The summed E-state index contributed by atoms with van der Waals surface area (Å²) in [5, 5.41) is 2.83. The van der Waals surface area contributed by atoms with Crippen molar-refractivity contribution in [1.29, 1.82) is 0 Å². The van der Waals surface area contributed by atoms with Crippen molar-refractivity contribution in [1.82, 2.24) is 13.9 Å². The SMILES string of the molecule is COC(=NC(=S)N(C)C)NC(=O)N(SC)SC. The van der Waals surface area contributed by atoms with E-state index in [1.54, 1.807) is 31.5 Å². The van der Waals surface area contributed by atoms with Crippen LogP contribution in [0.25, 0.3) is 0 Å². The van der Waals surface area contributed by atoms with Gasteiger partial charge in [0.05, 0.1) is 7.11 Å². The van der Waals surface area contributed by atoms with Gasteiger partial charge in [-0.1, -0.05) is 0 Å². The summed E-state index contributed by atoms with van der Waals surface area (Å²) in [5.74, 6) is 0. The van der Waals surface area contributed by atoms with Gasteiger partial charge in [0.15, 0.2) is 5.11 Å². The molecule has 0 unspecified atom stereocenters. The Bertz CT molecular complexity index is 305. The first-order valence-corrected chi connectivity index (χ1v) is 7.26. The molecule has 0 aliphatic carbocycles. The zero-order valence-corrected chi connectivity index (χ0v) is 12.8. The smallest absolute Gasteiger partial charge is 0.345 e. The van der Waals surface area contributed by atoms with Crippen molar-refractivity contribution in [2.45, 2.75) is 0 Å². The monoisotopic (exact) mass is 296 g/mol. The van der Waals surface area contributed by atoms with Crippen molar-refractivity contribution in [3.63, 3.8) is 0 Å². The first-order chi connectivity index (χ1) is 7.96. The fourth-order valence-corrected chi connectivity index (χ4v) is 1.79. The van der Waals surface area contributed by atoms with E-state index < -0.39 is 0 Å². The summed E-state index contributed by atoms with van der Waals surface area (Å²) in [5.41, 5.74) is 0. The van der Waals surface area contributed by atoms with E-state index in [0.717, 1.165) is 0 Å². The molecule has 2 amide bonds. The van der Waals surface area contributed by atoms with Gasteiger partial charge in [0.25, 0.3) is 6.02 Å². The fraction of sp³-hybridized carbons (Fsp3) is 0.625. The second kappa shape index (κ2) is 8.43. The molecule has 0 rings (SSSR count). The van der Waals surface area contributed by atoms with Crippen LogP contribution in [0.15, 0.2) is 4.99 Å². The summed E-state index contributed by atoms with van der Waals surface area (Å²) < 4.78 is 6.39. The number of thiocarbonyl (C=S) groups is 1. The maximum Gasteiger partial charge on any atom is 0.345 e. The highest BCUT2D eigenvalue weighted by molar-refractivity contribution is 8.12. The molecule has 0 bridgehead atoms. The average molecular weight is 296 g/mol. The van der Waals surface area contributed by atoms with Gasteiger partial charge in [0, 0.05) is 26.6 Å². The molecular formula is C8H16N4O2S3. The highest BCUT2D eigenvalue weighted by Gasteiger charge is 2.14. The highest BCUT2D eigenvalue weighted by atomic mass is 32.2. The lowest BCUT2D eigenvalue weighted by Crippen LogP contribution is -2.38. The summed E-state index contributed by atoms with van der Waals surface area (Å²) in [6.45, 7) is 0. The number of carbonyl (C=O) groups excluding carboxylic acids is 1. The van der Waals surface area contributed by atoms with Crippen LogP contribution >= 0.6 is 36.1 Å². The topological polar surface area (TPSA) is 57.2 Å². The van der Waals surface area contributed by atoms with E-state index in [2.05, 4.69) is 10.3 Å². The van der Waals surface area contributed by atoms with E-state index in [1.165, 1.54) is 34.7 Å². The van der Waals surface area contributed by atoms with Crippen LogP contribution in [0.2, 0.25) is 0 Å². The van der Waals surface area contributed by atoms with Crippen LogP contribution in [-0.4, -0.2) is 59.5 Å². The molecule has 0 saturated carbocycles. The third kappa shape index (κ3) is 5.99. The second-order valence-corrected chi connectivity index (χ2v) is 4.91. The molecule has 0 heterocycles. The molecule has 0 aromatic heterocycles. The first kappa shape index (κ1) is 16.3. The fourth-order valence-electron chi connectivity index (χ4n) is 0.689. The van der Waals surface area contributed by atoms with Gasteiger partial charge in [-0.05, 0) is 36.1 Å². The van der Waals surface area contributed by atoms with Gasteiger partial charge in [-0.2, -0.15) is 4.99 Å². The van der Waals surface area contributed by atoms with Gasteiger partial charge >= 0.3 is 6.03 Å². The van der Waals surface area contributed by atoms with Crippen molar-refractivity contribution in [3.05, 3.63) is 0 Å².